The lowest BCUT2D eigenvalue weighted by Gasteiger charge is -2.36. The van der Waals surface area contributed by atoms with Gasteiger partial charge in [-0.25, -0.2) is 8.42 Å². The zero-order chi connectivity index (χ0) is 15.3. The van der Waals surface area contributed by atoms with Crippen molar-refractivity contribution in [3.05, 3.63) is 0 Å². The standard InChI is InChI=1S/C11H18N2O7S/c1-9(2)19-7-8(20-9)17-6-5(3-14)18-10(12)4-21(15,16)13-11(6,7)10/h5-8,13-14H,3-4,12H2,1-2H3. The summed E-state index contributed by atoms with van der Waals surface area (Å²) in [5, 5.41) is 9.46. The quantitative estimate of drug-likeness (QED) is 0.486. The van der Waals surface area contributed by atoms with Crippen LogP contribution in [-0.2, 0) is 29.0 Å². The zero-order valence-electron chi connectivity index (χ0n) is 11.6. The van der Waals surface area contributed by atoms with Crippen LogP contribution in [0.5, 0.6) is 0 Å². The maximum Gasteiger partial charge on any atom is 0.216 e. The van der Waals surface area contributed by atoms with Gasteiger partial charge >= 0.3 is 0 Å². The predicted molar refractivity (Wildman–Crippen MR) is 67.2 cm³/mol. The molecular formula is C11H18N2O7S. The molecular weight excluding hydrogens is 304 g/mol. The van der Waals surface area contributed by atoms with Crippen molar-refractivity contribution < 1.29 is 32.5 Å². The van der Waals surface area contributed by atoms with Crippen molar-refractivity contribution in [2.45, 2.75) is 55.5 Å². The Morgan fingerprint density at radius 3 is 2.67 bits per heavy atom. The fourth-order valence-corrected chi connectivity index (χ4v) is 5.77. The molecule has 4 heterocycles. The Kier molecular flexibility index (Phi) is 2.56. The molecule has 4 fully saturated rings. The van der Waals surface area contributed by atoms with Gasteiger partial charge in [-0.15, -0.1) is 0 Å². The Morgan fingerprint density at radius 2 is 2.00 bits per heavy atom. The molecule has 4 saturated heterocycles. The molecule has 0 saturated carbocycles. The lowest BCUT2D eigenvalue weighted by Crippen LogP contribution is -2.69. The molecule has 0 aromatic carbocycles. The van der Waals surface area contributed by atoms with Gasteiger partial charge in [0.05, 0.1) is 6.61 Å². The topological polar surface area (TPSA) is 129 Å². The van der Waals surface area contributed by atoms with Crippen LogP contribution in [0.25, 0.3) is 0 Å². The summed E-state index contributed by atoms with van der Waals surface area (Å²) in [6, 6.07) is 0. The number of aliphatic hydroxyl groups excluding tert-OH is 1. The van der Waals surface area contributed by atoms with E-state index in [0.29, 0.717) is 0 Å². The monoisotopic (exact) mass is 322 g/mol. The SMILES string of the molecule is CC1(C)OC2OC3C(CO)OC4(N)CS(=O)(=O)NC34C2O1. The summed E-state index contributed by atoms with van der Waals surface area (Å²) < 4.78 is 49.5. The first kappa shape index (κ1) is 14.3. The van der Waals surface area contributed by atoms with E-state index in [0.717, 1.165) is 0 Å². The van der Waals surface area contributed by atoms with Gasteiger partial charge in [0, 0.05) is 0 Å². The lowest BCUT2D eigenvalue weighted by atomic mass is 9.81. The maximum atomic E-state index is 12.0. The summed E-state index contributed by atoms with van der Waals surface area (Å²) in [5.74, 6) is -1.33. The Bertz CT molecular complexity index is 595. The molecule has 4 aliphatic heterocycles. The minimum atomic E-state index is -3.63. The van der Waals surface area contributed by atoms with E-state index < -0.39 is 57.4 Å². The molecule has 6 atom stereocenters. The number of aliphatic hydroxyl groups is 1. The largest absolute Gasteiger partial charge is 0.394 e. The first-order valence-corrected chi connectivity index (χ1v) is 8.38. The maximum absolute atomic E-state index is 12.0. The number of ether oxygens (including phenoxy) is 4. The van der Waals surface area contributed by atoms with E-state index in [4.69, 9.17) is 24.7 Å². The van der Waals surface area contributed by atoms with Crippen molar-refractivity contribution in [2.24, 2.45) is 5.73 Å². The molecule has 4 aliphatic rings. The summed E-state index contributed by atoms with van der Waals surface area (Å²) in [6.45, 7) is 3.08. The predicted octanol–water partition coefficient (Wildman–Crippen LogP) is -2.42. The minimum absolute atomic E-state index is 0.337. The summed E-state index contributed by atoms with van der Waals surface area (Å²) in [4.78, 5) is 0. The summed E-state index contributed by atoms with van der Waals surface area (Å²) >= 11 is 0. The van der Waals surface area contributed by atoms with Crippen LogP contribution < -0.4 is 10.5 Å². The molecule has 0 radical (unpaired) electrons. The van der Waals surface area contributed by atoms with Crippen LogP contribution in [0.3, 0.4) is 0 Å². The first-order chi connectivity index (χ1) is 9.63. The Morgan fingerprint density at radius 1 is 1.29 bits per heavy atom. The molecule has 0 aliphatic carbocycles. The van der Waals surface area contributed by atoms with Crippen molar-refractivity contribution in [2.75, 3.05) is 12.4 Å². The van der Waals surface area contributed by atoms with Crippen LogP contribution in [0.2, 0.25) is 0 Å². The molecule has 4 rings (SSSR count). The number of sulfonamides is 1. The van der Waals surface area contributed by atoms with Crippen molar-refractivity contribution in [1.82, 2.24) is 4.72 Å². The summed E-state index contributed by atoms with van der Waals surface area (Å²) in [7, 11) is -3.63. The number of nitrogens with two attached hydrogens (primary N) is 1. The van der Waals surface area contributed by atoms with Gasteiger partial charge in [0.2, 0.25) is 10.0 Å². The van der Waals surface area contributed by atoms with Gasteiger partial charge in [0.1, 0.15) is 29.6 Å². The van der Waals surface area contributed by atoms with Gasteiger partial charge in [-0.05, 0) is 13.8 Å². The molecule has 1 spiro atoms. The van der Waals surface area contributed by atoms with E-state index in [-0.39, 0.29) is 6.61 Å². The number of hydrogen-bond donors (Lipinski definition) is 3. The minimum Gasteiger partial charge on any atom is -0.394 e. The number of nitrogens with one attached hydrogen (secondary N) is 1. The van der Waals surface area contributed by atoms with E-state index in [1.165, 1.54) is 0 Å². The molecule has 0 bridgehead atoms. The molecule has 4 N–H and O–H groups in total. The molecule has 0 aromatic rings. The Balaban J connectivity index is 1.84. The van der Waals surface area contributed by atoms with Crippen LogP contribution in [0.15, 0.2) is 0 Å². The Hall–Kier alpha value is -0.330. The summed E-state index contributed by atoms with van der Waals surface area (Å²) in [5.41, 5.74) is 3.41. The third-order valence-electron chi connectivity index (χ3n) is 4.54. The zero-order valence-corrected chi connectivity index (χ0v) is 12.4. The van der Waals surface area contributed by atoms with Gasteiger partial charge in [-0.1, -0.05) is 0 Å². The van der Waals surface area contributed by atoms with E-state index in [1.807, 2.05) is 0 Å². The smallest absolute Gasteiger partial charge is 0.216 e. The highest BCUT2D eigenvalue weighted by molar-refractivity contribution is 7.89. The normalized spacial score (nSPS) is 56.2. The van der Waals surface area contributed by atoms with Crippen LogP contribution in [0.4, 0.5) is 0 Å². The molecule has 0 amide bonds. The van der Waals surface area contributed by atoms with Crippen LogP contribution >= 0.6 is 0 Å². The lowest BCUT2D eigenvalue weighted by molar-refractivity contribution is -0.214. The molecule has 120 valence electrons. The summed E-state index contributed by atoms with van der Waals surface area (Å²) in [6.07, 6.45) is -3.00. The van der Waals surface area contributed by atoms with Crippen LogP contribution in [0.1, 0.15) is 13.8 Å². The fraction of sp³-hybridized carbons (Fsp3) is 1.00. The van der Waals surface area contributed by atoms with Crippen molar-refractivity contribution in [3.63, 3.8) is 0 Å². The molecule has 9 nitrogen and oxygen atoms in total. The van der Waals surface area contributed by atoms with Crippen LogP contribution in [-0.4, -0.2) is 67.5 Å². The van der Waals surface area contributed by atoms with Crippen molar-refractivity contribution in [1.29, 1.82) is 0 Å². The van der Waals surface area contributed by atoms with Gasteiger partial charge in [0.15, 0.2) is 17.8 Å². The number of hydrogen-bond acceptors (Lipinski definition) is 8. The molecule has 21 heavy (non-hydrogen) atoms. The van der Waals surface area contributed by atoms with Crippen LogP contribution in [0, 0.1) is 0 Å². The highest BCUT2D eigenvalue weighted by Crippen LogP contribution is 2.55. The van der Waals surface area contributed by atoms with Crippen molar-refractivity contribution >= 4 is 10.0 Å². The second kappa shape index (κ2) is 3.77. The molecule has 6 unspecified atom stereocenters. The van der Waals surface area contributed by atoms with Crippen molar-refractivity contribution in [3.8, 4) is 0 Å². The van der Waals surface area contributed by atoms with E-state index in [1.54, 1.807) is 13.8 Å². The molecule has 10 heteroatoms. The van der Waals surface area contributed by atoms with Gasteiger partial charge in [-0.3, -0.25) is 0 Å². The first-order valence-electron chi connectivity index (χ1n) is 6.73. The highest BCUT2D eigenvalue weighted by Gasteiger charge is 2.81. The van der Waals surface area contributed by atoms with E-state index >= 15 is 0 Å². The fourth-order valence-electron chi connectivity index (χ4n) is 3.91. The Labute approximate surface area is 121 Å². The number of fused-ring (bicyclic) bond motifs is 1. The van der Waals surface area contributed by atoms with E-state index in [2.05, 4.69) is 4.72 Å². The highest BCUT2D eigenvalue weighted by atomic mass is 32.2. The average molecular weight is 322 g/mol. The second-order valence-corrected chi connectivity index (χ2v) is 8.16. The van der Waals surface area contributed by atoms with Gasteiger partial charge in [-0.2, -0.15) is 4.72 Å². The second-order valence-electron chi connectivity index (χ2n) is 6.44. The van der Waals surface area contributed by atoms with Gasteiger partial charge in [0.25, 0.3) is 0 Å². The third-order valence-corrected chi connectivity index (χ3v) is 6.00. The average Bonchev–Trinajstić information content (AvgIpc) is 2.90. The number of rotatable bonds is 1. The van der Waals surface area contributed by atoms with Gasteiger partial charge < -0.3 is 29.8 Å². The third kappa shape index (κ3) is 1.61. The van der Waals surface area contributed by atoms with E-state index in [9.17, 15) is 13.5 Å². The molecule has 0 aromatic heterocycles.